The molecule has 0 heterocycles. The van der Waals surface area contributed by atoms with Gasteiger partial charge in [0.05, 0.1) is 0 Å². The molecule has 56 valence electrons. The molecule has 0 bridgehead atoms. The average Bonchev–Trinajstić information content (AvgIpc) is 2.03. The van der Waals surface area contributed by atoms with E-state index in [1.54, 1.807) is 5.57 Å². The van der Waals surface area contributed by atoms with Crippen molar-refractivity contribution in [1.29, 1.82) is 0 Å². The van der Waals surface area contributed by atoms with E-state index in [0.29, 0.717) is 0 Å². The van der Waals surface area contributed by atoms with E-state index in [4.69, 9.17) is 0 Å². The minimum absolute atomic E-state index is 1.07. The van der Waals surface area contributed by atoms with Crippen molar-refractivity contribution in [1.82, 2.24) is 0 Å². The second-order valence-corrected chi connectivity index (χ2v) is 2.75. The fourth-order valence-corrected chi connectivity index (χ4v) is 1.21. The molecule has 0 aliphatic heterocycles. The van der Waals surface area contributed by atoms with Crippen LogP contribution >= 0.6 is 0 Å². The summed E-state index contributed by atoms with van der Waals surface area (Å²) in [5.41, 5.74) is 1.60. The topological polar surface area (TPSA) is 0 Å². The van der Waals surface area contributed by atoms with Crippen molar-refractivity contribution in [3.8, 4) is 0 Å². The van der Waals surface area contributed by atoms with Crippen LogP contribution in [0.25, 0.3) is 0 Å². The SMILES string of the molecule is [CH2-]CCCC1=CC=CCC1. The third-order valence-corrected chi connectivity index (χ3v) is 1.85. The highest BCUT2D eigenvalue weighted by Crippen LogP contribution is 2.17. The van der Waals surface area contributed by atoms with Gasteiger partial charge in [-0.3, -0.25) is 0 Å². The van der Waals surface area contributed by atoms with Crippen LogP contribution in [0.1, 0.15) is 32.1 Å². The second kappa shape index (κ2) is 4.32. The van der Waals surface area contributed by atoms with Crippen LogP contribution in [0, 0.1) is 6.92 Å². The lowest BCUT2D eigenvalue weighted by Crippen LogP contribution is -1.86. The van der Waals surface area contributed by atoms with E-state index in [-0.39, 0.29) is 0 Å². The number of allylic oxidation sites excluding steroid dienone is 4. The summed E-state index contributed by atoms with van der Waals surface area (Å²) >= 11 is 0. The Hall–Kier alpha value is -0.520. The molecule has 0 aromatic heterocycles. The van der Waals surface area contributed by atoms with Gasteiger partial charge in [0, 0.05) is 0 Å². The summed E-state index contributed by atoms with van der Waals surface area (Å²) in [5, 5.41) is 0. The zero-order valence-corrected chi connectivity index (χ0v) is 6.47. The van der Waals surface area contributed by atoms with Gasteiger partial charge < -0.3 is 6.92 Å². The van der Waals surface area contributed by atoms with Gasteiger partial charge in [-0.1, -0.05) is 30.2 Å². The summed E-state index contributed by atoms with van der Waals surface area (Å²) in [7, 11) is 0. The highest BCUT2D eigenvalue weighted by molar-refractivity contribution is 5.17. The van der Waals surface area contributed by atoms with Crippen molar-refractivity contribution in [2.45, 2.75) is 32.1 Å². The summed E-state index contributed by atoms with van der Waals surface area (Å²) < 4.78 is 0. The molecule has 0 saturated carbocycles. The molecule has 0 heteroatoms. The summed E-state index contributed by atoms with van der Waals surface area (Å²) in [4.78, 5) is 0. The highest BCUT2D eigenvalue weighted by atomic mass is 14.0. The molecule has 0 aromatic rings. The van der Waals surface area contributed by atoms with Crippen LogP contribution in [0.2, 0.25) is 0 Å². The lowest BCUT2D eigenvalue weighted by atomic mass is 10.00. The van der Waals surface area contributed by atoms with Crippen LogP contribution in [-0.4, -0.2) is 0 Å². The zero-order valence-electron chi connectivity index (χ0n) is 6.47. The molecule has 0 nitrogen and oxygen atoms in total. The third-order valence-electron chi connectivity index (χ3n) is 1.85. The monoisotopic (exact) mass is 135 g/mol. The van der Waals surface area contributed by atoms with Crippen LogP contribution < -0.4 is 0 Å². The average molecular weight is 135 g/mol. The van der Waals surface area contributed by atoms with E-state index < -0.39 is 0 Å². The van der Waals surface area contributed by atoms with Crippen LogP contribution in [-0.2, 0) is 0 Å². The Morgan fingerprint density at radius 2 is 2.40 bits per heavy atom. The maximum absolute atomic E-state index is 3.82. The summed E-state index contributed by atoms with van der Waals surface area (Å²) in [6, 6.07) is 0. The van der Waals surface area contributed by atoms with E-state index in [0.717, 1.165) is 6.42 Å². The van der Waals surface area contributed by atoms with E-state index >= 15 is 0 Å². The predicted molar refractivity (Wildman–Crippen MR) is 45.7 cm³/mol. The van der Waals surface area contributed by atoms with Crippen LogP contribution in [0.5, 0.6) is 0 Å². The van der Waals surface area contributed by atoms with Crippen molar-refractivity contribution in [3.05, 3.63) is 30.7 Å². The molecule has 1 rings (SSSR count). The van der Waals surface area contributed by atoms with Gasteiger partial charge >= 0.3 is 0 Å². The minimum Gasteiger partial charge on any atom is -0.343 e. The Kier molecular flexibility index (Phi) is 3.28. The smallest absolute Gasteiger partial charge is 0.0282 e. The fraction of sp³-hybridized carbons (Fsp3) is 0.500. The first-order valence-electron chi connectivity index (χ1n) is 4.07. The molecule has 1 aliphatic rings. The predicted octanol–water partition coefficient (Wildman–Crippen LogP) is 3.27. The lowest BCUT2D eigenvalue weighted by molar-refractivity contribution is 0.779. The van der Waals surface area contributed by atoms with Gasteiger partial charge in [0.1, 0.15) is 0 Å². The van der Waals surface area contributed by atoms with Crippen molar-refractivity contribution in [2.24, 2.45) is 0 Å². The number of hydrogen-bond donors (Lipinski definition) is 0. The fourth-order valence-electron chi connectivity index (χ4n) is 1.21. The first-order chi connectivity index (χ1) is 4.93. The van der Waals surface area contributed by atoms with Crippen LogP contribution in [0.3, 0.4) is 0 Å². The van der Waals surface area contributed by atoms with Crippen molar-refractivity contribution in [2.75, 3.05) is 0 Å². The van der Waals surface area contributed by atoms with Gasteiger partial charge in [-0.15, -0.1) is 0 Å². The van der Waals surface area contributed by atoms with Gasteiger partial charge in [-0.25, -0.2) is 0 Å². The molecule has 0 saturated heterocycles. The maximum atomic E-state index is 3.82. The number of hydrogen-bond acceptors (Lipinski definition) is 0. The quantitative estimate of drug-likeness (QED) is 0.521. The zero-order chi connectivity index (χ0) is 7.23. The lowest BCUT2D eigenvalue weighted by Gasteiger charge is -2.07. The minimum atomic E-state index is 1.07. The molecular weight excluding hydrogens is 120 g/mol. The molecule has 0 radical (unpaired) electrons. The van der Waals surface area contributed by atoms with Crippen molar-refractivity contribution < 1.29 is 0 Å². The van der Waals surface area contributed by atoms with E-state index in [1.807, 2.05) is 0 Å². The van der Waals surface area contributed by atoms with Gasteiger partial charge in [-0.05, 0) is 19.3 Å². The van der Waals surface area contributed by atoms with Crippen molar-refractivity contribution in [3.63, 3.8) is 0 Å². The normalized spacial score (nSPS) is 17.1. The van der Waals surface area contributed by atoms with Crippen LogP contribution in [0.15, 0.2) is 23.8 Å². The van der Waals surface area contributed by atoms with Crippen LogP contribution in [0.4, 0.5) is 0 Å². The maximum Gasteiger partial charge on any atom is -0.0282 e. The molecule has 0 spiro atoms. The second-order valence-electron chi connectivity index (χ2n) is 2.75. The Morgan fingerprint density at radius 1 is 1.50 bits per heavy atom. The number of rotatable bonds is 3. The molecule has 0 fully saturated rings. The molecule has 1 aliphatic carbocycles. The third kappa shape index (κ3) is 2.38. The Labute approximate surface area is 63.6 Å². The number of unbranched alkanes of at least 4 members (excludes halogenated alkanes) is 1. The standard InChI is InChI=1S/C10H15/c1-2-3-7-10-8-5-4-6-9-10/h4-5,8H,1-3,6-7,9H2/q-1. The van der Waals surface area contributed by atoms with E-state index in [9.17, 15) is 0 Å². The van der Waals surface area contributed by atoms with Gasteiger partial charge in [0.15, 0.2) is 0 Å². The summed E-state index contributed by atoms with van der Waals surface area (Å²) in [6.07, 6.45) is 12.7. The summed E-state index contributed by atoms with van der Waals surface area (Å²) in [5.74, 6) is 0. The van der Waals surface area contributed by atoms with E-state index in [1.165, 1.54) is 25.7 Å². The molecule has 0 N–H and O–H groups in total. The first-order valence-corrected chi connectivity index (χ1v) is 4.07. The van der Waals surface area contributed by atoms with Gasteiger partial charge in [-0.2, -0.15) is 6.42 Å². The molecular formula is C10H15-. The summed E-state index contributed by atoms with van der Waals surface area (Å²) in [6.45, 7) is 3.82. The molecule has 0 aromatic carbocycles. The first kappa shape index (κ1) is 7.59. The van der Waals surface area contributed by atoms with Gasteiger partial charge in [0.25, 0.3) is 0 Å². The molecule has 0 atom stereocenters. The van der Waals surface area contributed by atoms with Crippen molar-refractivity contribution >= 4 is 0 Å². The highest BCUT2D eigenvalue weighted by Gasteiger charge is 1.96. The Bertz CT molecular complexity index is 140. The molecule has 10 heavy (non-hydrogen) atoms. The molecule has 0 unspecified atom stereocenters. The Morgan fingerprint density at radius 3 is 3.00 bits per heavy atom. The Balaban J connectivity index is 2.25. The van der Waals surface area contributed by atoms with E-state index in [2.05, 4.69) is 25.2 Å². The van der Waals surface area contributed by atoms with Gasteiger partial charge in [0.2, 0.25) is 0 Å². The largest absolute Gasteiger partial charge is 0.343 e. The molecule has 0 amide bonds.